The molecular formula is C28H27ClFN9O6. The standard InChI is InChI=1S/C28H27ClFN9O6/c1-2-38-13-11-19(35-38)15-22(27(43)32-17-3-5-18(6-4-17)33-28(44)45-14-12-25(41)42)34-24(40)10-7-20-23(39-16-31-36-37-39)9-8-21(29)26(20)30/h3-11,13,16,22H,2,12,14-15H2,1H3,(H,32,43)(H,33,44)(H,34,40)(H,41,42). The number of aliphatic carboxylic acids is 1. The number of benzene rings is 2. The summed E-state index contributed by atoms with van der Waals surface area (Å²) < 4.78 is 22.6. The molecule has 4 N–H and O–H groups in total. The van der Waals surface area contributed by atoms with Crippen molar-refractivity contribution >= 4 is 52.9 Å². The summed E-state index contributed by atoms with van der Waals surface area (Å²) in [5, 5.41) is 31.5. The SMILES string of the molecule is CCn1ccc(CC(NC(=O)C=Cc2c(-n3cnnn3)ccc(Cl)c2F)C(=O)Nc2ccc(NC(=O)OCCC(=O)O)cc2)n1. The van der Waals surface area contributed by atoms with Crippen LogP contribution in [0.2, 0.25) is 5.02 Å². The van der Waals surface area contributed by atoms with Crippen LogP contribution in [0.3, 0.4) is 0 Å². The van der Waals surface area contributed by atoms with Crippen LogP contribution in [0.5, 0.6) is 0 Å². The number of hydrogen-bond acceptors (Lipinski definition) is 9. The molecule has 0 saturated carbocycles. The minimum atomic E-state index is -1.10. The number of carbonyl (C=O) groups is 4. The van der Waals surface area contributed by atoms with Crippen molar-refractivity contribution in [2.75, 3.05) is 17.2 Å². The molecule has 45 heavy (non-hydrogen) atoms. The topological polar surface area (TPSA) is 195 Å². The smallest absolute Gasteiger partial charge is 0.411 e. The molecule has 0 fully saturated rings. The molecule has 0 aliphatic heterocycles. The Morgan fingerprint density at radius 1 is 1.09 bits per heavy atom. The van der Waals surface area contributed by atoms with Gasteiger partial charge in [0, 0.05) is 42.2 Å². The van der Waals surface area contributed by atoms with Gasteiger partial charge in [-0.05, 0) is 65.9 Å². The van der Waals surface area contributed by atoms with E-state index < -0.39 is 35.7 Å². The molecule has 0 saturated heterocycles. The lowest BCUT2D eigenvalue weighted by Gasteiger charge is -2.17. The van der Waals surface area contributed by atoms with Gasteiger partial charge in [0.1, 0.15) is 19.0 Å². The van der Waals surface area contributed by atoms with Crippen LogP contribution in [-0.4, -0.2) is 71.6 Å². The van der Waals surface area contributed by atoms with Crippen molar-refractivity contribution in [2.24, 2.45) is 0 Å². The highest BCUT2D eigenvalue weighted by atomic mass is 35.5. The third-order valence-electron chi connectivity index (χ3n) is 6.12. The monoisotopic (exact) mass is 639 g/mol. The maximum absolute atomic E-state index is 14.9. The van der Waals surface area contributed by atoms with Crippen LogP contribution in [0.1, 0.15) is 24.6 Å². The summed E-state index contributed by atoms with van der Waals surface area (Å²) in [7, 11) is 0. The number of tetrazole rings is 1. The maximum Gasteiger partial charge on any atom is 0.411 e. The fourth-order valence-electron chi connectivity index (χ4n) is 3.92. The summed E-state index contributed by atoms with van der Waals surface area (Å²) in [5.74, 6) is -3.16. The maximum atomic E-state index is 14.9. The molecule has 15 nitrogen and oxygen atoms in total. The number of nitrogens with zero attached hydrogens (tertiary/aromatic N) is 6. The van der Waals surface area contributed by atoms with Gasteiger partial charge in [-0.25, -0.2) is 9.18 Å². The molecule has 1 atom stereocenters. The molecule has 4 rings (SSSR count). The molecule has 1 unspecified atom stereocenters. The van der Waals surface area contributed by atoms with Crippen molar-refractivity contribution in [3.8, 4) is 5.69 Å². The number of hydrogen-bond donors (Lipinski definition) is 4. The Balaban J connectivity index is 1.46. The Labute approximate surface area is 260 Å². The largest absolute Gasteiger partial charge is 0.481 e. The van der Waals surface area contributed by atoms with Gasteiger partial charge >= 0.3 is 12.1 Å². The minimum Gasteiger partial charge on any atom is -0.481 e. The van der Waals surface area contributed by atoms with Gasteiger partial charge < -0.3 is 20.5 Å². The van der Waals surface area contributed by atoms with Crippen LogP contribution in [0, 0.1) is 5.82 Å². The first kappa shape index (κ1) is 32.3. The summed E-state index contributed by atoms with van der Waals surface area (Å²) in [5.41, 5.74) is 1.42. The third kappa shape index (κ3) is 9.17. The van der Waals surface area contributed by atoms with Crippen LogP contribution in [0.4, 0.5) is 20.6 Å². The highest BCUT2D eigenvalue weighted by Crippen LogP contribution is 2.25. The van der Waals surface area contributed by atoms with Crippen LogP contribution in [0.15, 0.2) is 61.1 Å². The fraction of sp³-hybridized carbons (Fsp3) is 0.214. The Kier molecular flexibility index (Phi) is 10.9. The molecule has 2 aromatic carbocycles. The summed E-state index contributed by atoms with van der Waals surface area (Å²) in [4.78, 5) is 48.7. The van der Waals surface area contributed by atoms with E-state index in [0.717, 1.165) is 6.08 Å². The molecular weight excluding hydrogens is 613 g/mol. The van der Waals surface area contributed by atoms with Gasteiger partial charge in [-0.15, -0.1) is 5.10 Å². The van der Waals surface area contributed by atoms with Crippen LogP contribution in [0.25, 0.3) is 11.8 Å². The predicted octanol–water partition coefficient (Wildman–Crippen LogP) is 3.07. The molecule has 3 amide bonds. The molecule has 234 valence electrons. The van der Waals surface area contributed by atoms with Gasteiger partial charge in [-0.3, -0.25) is 24.4 Å². The lowest BCUT2D eigenvalue weighted by atomic mass is 10.1. The summed E-state index contributed by atoms with van der Waals surface area (Å²) in [6.07, 6.45) is 4.14. The number of amides is 3. The average Bonchev–Trinajstić information content (AvgIpc) is 3.71. The average molecular weight is 640 g/mol. The first-order valence-corrected chi connectivity index (χ1v) is 13.8. The quantitative estimate of drug-likeness (QED) is 0.158. The molecule has 0 spiro atoms. The second-order valence-electron chi connectivity index (χ2n) is 9.28. The number of anilines is 2. The van der Waals surface area contributed by atoms with Gasteiger partial charge in [0.05, 0.1) is 22.8 Å². The predicted molar refractivity (Wildman–Crippen MR) is 159 cm³/mol. The molecule has 0 aliphatic carbocycles. The van der Waals surface area contributed by atoms with Crippen molar-refractivity contribution in [3.05, 3.63) is 83.2 Å². The van der Waals surface area contributed by atoms with Gasteiger partial charge in [-0.1, -0.05) is 11.6 Å². The molecule has 2 heterocycles. The molecule has 0 aliphatic rings. The second-order valence-corrected chi connectivity index (χ2v) is 9.69. The second kappa shape index (κ2) is 15.2. The normalized spacial score (nSPS) is 11.6. The summed E-state index contributed by atoms with van der Waals surface area (Å²) in [6.45, 7) is 2.22. The number of carbonyl (C=O) groups excluding carboxylic acids is 3. The number of halogens is 2. The Bertz CT molecular complexity index is 1690. The Morgan fingerprint density at radius 2 is 1.82 bits per heavy atom. The van der Waals surface area contributed by atoms with Crippen LogP contribution in [-0.2, 0) is 32.1 Å². The van der Waals surface area contributed by atoms with Gasteiger partial charge in [-0.2, -0.15) is 9.78 Å². The van der Waals surface area contributed by atoms with E-state index in [1.807, 2.05) is 6.92 Å². The molecule has 0 radical (unpaired) electrons. The van der Waals surface area contributed by atoms with Gasteiger partial charge in [0.15, 0.2) is 5.82 Å². The Hall–Kier alpha value is -5.64. The molecule has 0 bridgehead atoms. The van der Waals surface area contributed by atoms with Crippen molar-refractivity contribution in [3.63, 3.8) is 0 Å². The van der Waals surface area contributed by atoms with E-state index in [1.165, 1.54) is 53.5 Å². The number of aromatic nitrogens is 6. The van der Waals surface area contributed by atoms with E-state index in [9.17, 15) is 23.6 Å². The lowest BCUT2D eigenvalue weighted by Crippen LogP contribution is -2.44. The van der Waals surface area contributed by atoms with E-state index in [0.29, 0.717) is 23.6 Å². The van der Waals surface area contributed by atoms with Gasteiger partial charge in [0.25, 0.3) is 0 Å². The van der Waals surface area contributed by atoms with Crippen LogP contribution >= 0.6 is 11.6 Å². The summed E-state index contributed by atoms with van der Waals surface area (Å²) in [6, 6.07) is 9.47. The molecule has 17 heteroatoms. The lowest BCUT2D eigenvalue weighted by molar-refractivity contribution is -0.137. The fourth-order valence-corrected chi connectivity index (χ4v) is 4.09. The molecule has 4 aromatic rings. The number of rotatable bonds is 13. The minimum absolute atomic E-state index is 0.0433. The Morgan fingerprint density at radius 3 is 2.47 bits per heavy atom. The number of aryl methyl sites for hydroxylation is 1. The third-order valence-corrected chi connectivity index (χ3v) is 6.41. The van der Waals surface area contributed by atoms with Crippen molar-refractivity contribution in [1.82, 2.24) is 35.3 Å². The van der Waals surface area contributed by atoms with Crippen molar-refractivity contribution < 1.29 is 33.4 Å². The zero-order valence-corrected chi connectivity index (χ0v) is 24.4. The van der Waals surface area contributed by atoms with E-state index in [4.69, 9.17) is 21.4 Å². The van der Waals surface area contributed by atoms with Crippen molar-refractivity contribution in [1.29, 1.82) is 0 Å². The highest BCUT2D eigenvalue weighted by Gasteiger charge is 2.22. The number of carboxylic acid groups (broad SMARTS) is 1. The number of nitrogens with one attached hydrogen (secondary N) is 3. The van der Waals surface area contributed by atoms with E-state index in [-0.39, 0.29) is 35.7 Å². The first-order chi connectivity index (χ1) is 21.6. The van der Waals surface area contributed by atoms with E-state index >= 15 is 0 Å². The number of ether oxygens (including phenoxy) is 1. The van der Waals surface area contributed by atoms with E-state index in [2.05, 4.69) is 36.6 Å². The highest BCUT2D eigenvalue weighted by molar-refractivity contribution is 6.31. The van der Waals surface area contributed by atoms with Crippen LogP contribution < -0.4 is 16.0 Å². The first-order valence-electron chi connectivity index (χ1n) is 13.4. The summed E-state index contributed by atoms with van der Waals surface area (Å²) >= 11 is 5.96. The van der Waals surface area contributed by atoms with E-state index in [1.54, 1.807) is 16.9 Å². The zero-order valence-electron chi connectivity index (χ0n) is 23.7. The van der Waals surface area contributed by atoms with Gasteiger partial charge in [0.2, 0.25) is 11.8 Å². The molecule has 2 aromatic heterocycles. The number of carboxylic acids is 1. The van der Waals surface area contributed by atoms with Crippen molar-refractivity contribution in [2.45, 2.75) is 32.4 Å². The zero-order chi connectivity index (χ0) is 32.3.